The fourth-order valence-corrected chi connectivity index (χ4v) is 5.98. The summed E-state index contributed by atoms with van der Waals surface area (Å²) in [6.45, 7) is 2.46. The Labute approximate surface area is 211 Å². The number of likely N-dealkylation sites (tertiary alicyclic amines) is 1. The highest BCUT2D eigenvalue weighted by molar-refractivity contribution is 5.98. The number of benzene rings is 2. The SMILES string of the molecule is O=C(CN1CCN(C(=O)C2CC3CCCCC3N2C(=O)c2ccccc2)CC1)Nc1ccc(F)cc1. The number of rotatable bonds is 5. The topological polar surface area (TPSA) is 73.0 Å². The predicted octanol–water partition coefficient (Wildman–Crippen LogP) is 3.38. The van der Waals surface area contributed by atoms with E-state index < -0.39 is 6.04 Å². The maximum atomic E-state index is 13.7. The van der Waals surface area contributed by atoms with Crippen LogP contribution >= 0.6 is 0 Å². The smallest absolute Gasteiger partial charge is 0.254 e. The Morgan fingerprint density at radius 3 is 2.31 bits per heavy atom. The first-order valence-corrected chi connectivity index (χ1v) is 12.9. The third-order valence-corrected chi connectivity index (χ3v) is 7.81. The predicted molar refractivity (Wildman–Crippen MR) is 135 cm³/mol. The van der Waals surface area contributed by atoms with E-state index in [0.29, 0.717) is 43.3 Å². The molecule has 1 aliphatic carbocycles. The Morgan fingerprint density at radius 1 is 0.889 bits per heavy atom. The number of amides is 3. The van der Waals surface area contributed by atoms with Crippen LogP contribution in [0.3, 0.4) is 0 Å². The van der Waals surface area contributed by atoms with Crippen LogP contribution in [-0.2, 0) is 9.59 Å². The largest absolute Gasteiger partial charge is 0.338 e. The van der Waals surface area contributed by atoms with Crippen LogP contribution in [0.1, 0.15) is 42.5 Å². The molecule has 0 spiro atoms. The molecule has 2 aromatic rings. The highest BCUT2D eigenvalue weighted by Gasteiger charge is 2.48. The summed E-state index contributed by atoms with van der Waals surface area (Å²) in [6.07, 6.45) is 5.03. The second-order valence-electron chi connectivity index (χ2n) is 10.1. The van der Waals surface area contributed by atoms with Gasteiger partial charge in [0.25, 0.3) is 5.91 Å². The Morgan fingerprint density at radius 2 is 1.58 bits per heavy atom. The number of anilines is 1. The van der Waals surface area contributed by atoms with Gasteiger partial charge in [0.1, 0.15) is 11.9 Å². The number of piperazine rings is 1. The van der Waals surface area contributed by atoms with Crippen molar-refractivity contribution in [3.05, 3.63) is 66.0 Å². The lowest BCUT2D eigenvalue weighted by atomic mass is 9.84. The van der Waals surface area contributed by atoms with E-state index in [0.717, 1.165) is 32.1 Å². The monoisotopic (exact) mass is 492 g/mol. The van der Waals surface area contributed by atoms with Gasteiger partial charge in [-0.1, -0.05) is 31.0 Å². The molecule has 3 aliphatic rings. The maximum absolute atomic E-state index is 13.7. The molecule has 2 aromatic carbocycles. The Kier molecular flexibility index (Phi) is 7.32. The first-order valence-electron chi connectivity index (χ1n) is 12.9. The van der Waals surface area contributed by atoms with Gasteiger partial charge in [0.05, 0.1) is 6.54 Å². The van der Waals surface area contributed by atoms with Crippen molar-refractivity contribution < 1.29 is 18.8 Å². The number of nitrogens with one attached hydrogen (secondary N) is 1. The minimum Gasteiger partial charge on any atom is -0.338 e. The summed E-state index contributed by atoms with van der Waals surface area (Å²) < 4.78 is 13.1. The molecule has 2 aliphatic heterocycles. The second-order valence-corrected chi connectivity index (χ2v) is 10.1. The molecule has 190 valence electrons. The van der Waals surface area contributed by atoms with E-state index in [-0.39, 0.29) is 36.1 Å². The lowest BCUT2D eigenvalue weighted by Gasteiger charge is -2.38. The van der Waals surface area contributed by atoms with Gasteiger partial charge in [0.15, 0.2) is 0 Å². The summed E-state index contributed by atoms with van der Waals surface area (Å²) in [5, 5.41) is 2.79. The van der Waals surface area contributed by atoms with E-state index in [9.17, 15) is 18.8 Å². The first kappa shape index (κ1) is 24.4. The number of nitrogens with zero attached hydrogens (tertiary/aromatic N) is 3. The second kappa shape index (κ2) is 10.8. The van der Waals surface area contributed by atoms with Crippen LogP contribution < -0.4 is 5.32 Å². The minimum absolute atomic E-state index is 0.0316. The number of carbonyl (C=O) groups is 3. The van der Waals surface area contributed by atoms with Crippen LogP contribution in [-0.4, -0.2) is 77.2 Å². The van der Waals surface area contributed by atoms with Crippen molar-refractivity contribution in [1.82, 2.24) is 14.7 Å². The summed E-state index contributed by atoms with van der Waals surface area (Å²) in [5.41, 5.74) is 1.19. The molecule has 0 radical (unpaired) electrons. The molecule has 8 heteroatoms. The zero-order valence-corrected chi connectivity index (χ0v) is 20.4. The van der Waals surface area contributed by atoms with E-state index >= 15 is 0 Å². The van der Waals surface area contributed by atoms with Gasteiger partial charge in [-0.05, 0) is 61.6 Å². The summed E-state index contributed by atoms with van der Waals surface area (Å²) >= 11 is 0. The number of hydrogen-bond acceptors (Lipinski definition) is 4. The van der Waals surface area contributed by atoms with E-state index in [4.69, 9.17) is 0 Å². The van der Waals surface area contributed by atoms with Gasteiger partial charge >= 0.3 is 0 Å². The number of hydrogen-bond donors (Lipinski definition) is 1. The average Bonchev–Trinajstić information content (AvgIpc) is 3.30. The van der Waals surface area contributed by atoms with Crippen LogP contribution in [0.25, 0.3) is 0 Å². The Balaban J connectivity index is 1.20. The molecule has 2 saturated heterocycles. The van der Waals surface area contributed by atoms with E-state index in [2.05, 4.69) is 5.32 Å². The molecule has 1 N–H and O–H groups in total. The maximum Gasteiger partial charge on any atom is 0.254 e. The number of carbonyl (C=O) groups excluding carboxylic acids is 3. The van der Waals surface area contributed by atoms with Crippen molar-refractivity contribution >= 4 is 23.4 Å². The van der Waals surface area contributed by atoms with Gasteiger partial charge in [-0.3, -0.25) is 19.3 Å². The molecule has 3 atom stereocenters. The average molecular weight is 493 g/mol. The van der Waals surface area contributed by atoms with Crippen LogP contribution in [0.5, 0.6) is 0 Å². The van der Waals surface area contributed by atoms with Crippen molar-refractivity contribution in [3.63, 3.8) is 0 Å². The fraction of sp³-hybridized carbons (Fsp3) is 0.464. The lowest BCUT2D eigenvalue weighted by molar-refractivity contribution is -0.137. The zero-order chi connectivity index (χ0) is 25.1. The summed E-state index contributed by atoms with van der Waals surface area (Å²) in [6, 6.07) is 14.7. The van der Waals surface area contributed by atoms with Crippen LogP contribution in [0.15, 0.2) is 54.6 Å². The summed E-state index contributed by atoms with van der Waals surface area (Å²) in [7, 11) is 0. The van der Waals surface area contributed by atoms with Crippen molar-refractivity contribution in [3.8, 4) is 0 Å². The molecule has 2 heterocycles. The van der Waals surface area contributed by atoms with Gasteiger partial charge in [0.2, 0.25) is 11.8 Å². The quantitative estimate of drug-likeness (QED) is 0.695. The Hall–Kier alpha value is -3.26. The molecule has 3 unspecified atom stereocenters. The number of halogens is 1. The molecule has 1 saturated carbocycles. The summed E-state index contributed by atoms with van der Waals surface area (Å²) in [4.78, 5) is 45.4. The highest BCUT2D eigenvalue weighted by Crippen LogP contribution is 2.41. The van der Waals surface area contributed by atoms with Crippen molar-refractivity contribution in [2.45, 2.75) is 44.2 Å². The van der Waals surface area contributed by atoms with E-state index in [1.54, 1.807) is 0 Å². The molecule has 3 amide bonds. The van der Waals surface area contributed by atoms with Gasteiger partial charge < -0.3 is 15.1 Å². The standard InChI is InChI=1S/C28H33FN4O3/c29-22-10-12-23(13-11-22)30-26(34)19-31-14-16-32(17-15-31)28(36)25-18-21-8-4-5-9-24(21)33(25)27(35)20-6-2-1-3-7-20/h1-3,6-7,10-13,21,24-25H,4-5,8-9,14-19H2,(H,30,34). The van der Waals surface area contributed by atoms with Gasteiger partial charge in [-0.15, -0.1) is 0 Å². The molecular weight excluding hydrogens is 459 g/mol. The minimum atomic E-state index is -0.417. The molecule has 0 bridgehead atoms. The van der Waals surface area contributed by atoms with Crippen molar-refractivity contribution in [2.75, 3.05) is 38.0 Å². The van der Waals surface area contributed by atoms with Crippen LogP contribution in [0.2, 0.25) is 0 Å². The number of fused-ring (bicyclic) bond motifs is 1. The third-order valence-electron chi connectivity index (χ3n) is 7.81. The fourth-order valence-electron chi connectivity index (χ4n) is 5.98. The highest BCUT2D eigenvalue weighted by atomic mass is 19.1. The molecule has 0 aromatic heterocycles. The van der Waals surface area contributed by atoms with Crippen LogP contribution in [0.4, 0.5) is 10.1 Å². The lowest BCUT2D eigenvalue weighted by Crippen LogP contribution is -2.56. The van der Waals surface area contributed by atoms with Gasteiger partial charge in [0, 0.05) is 43.5 Å². The normalized spacial score (nSPS) is 24.3. The molecule has 36 heavy (non-hydrogen) atoms. The zero-order valence-electron chi connectivity index (χ0n) is 20.4. The Bertz CT molecular complexity index is 1090. The van der Waals surface area contributed by atoms with Crippen LogP contribution in [0, 0.1) is 11.7 Å². The van der Waals surface area contributed by atoms with E-state index in [1.165, 1.54) is 24.3 Å². The van der Waals surface area contributed by atoms with Gasteiger partial charge in [-0.25, -0.2) is 4.39 Å². The first-order chi connectivity index (χ1) is 17.5. The van der Waals surface area contributed by atoms with E-state index in [1.807, 2.05) is 45.0 Å². The molecule has 3 fully saturated rings. The summed E-state index contributed by atoms with van der Waals surface area (Å²) in [5.74, 6) is -0.138. The third kappa shape index (κ3) is 5.28. The van der Waals surface area contributed by atoms with Gasteiger partial charge in [-0.2, -0.15) is 0 Å². The van der Waals surface area contributed by atoms with Crippen molar-refractivity contribution in [1.29, 1.82) is 0 Å². The molecule has 7 nitrogen and oxygen atoms in total. The van der Waals surface area contributed by atoms with Crippen molar-refractivity contribution in [2.24, 2.45) is 5.92 Å². The molecular formula is C28H33FN4O3. The molecule has 5 rings (SSSR count).